The number of nitrogens with zero attached hydrogens (tertiary/aromatic N) is 4. The summed E-state index contributed by atoms with van der Waals surface area (Å²) in [6, 6.07) is 4.86. The molecule has 1 aromatic heterocycles. The molecule has 166 valence electrons. The molecule has 8 nitrogen and oxygen atoms in total. The van der Waals surface area contributed by atoms with E-state index in [1.54, 1.807) is 29.9 Å². The van der Waals surface area contributed by atoms with Crippen LogP contribution in [0, 0.1) is 16.0 Å². The Morgan fingerprint density at radius 3 is 2.58 bits per heavy atom. The number of nitro benzene ring substituents is 1. The summed E-state index contributed by atoms with van der Waals surface area (Å²) in [6.07, 6.45) is 12.0. The number of likely N-dealkylation sites (tertiary alicyclic amines) is 1. The summed E-state index contributed by atoms with van der Waals surface area (Å²) in [5.74, 6) is 0.779. The number of piperidine rings is 1. The van der Waals surface area contributed by atoms with Crippen LogP contribution in [-0.4, -0.2) is 50.8 Å². The molecule has 8 heteroatoms. The predicted octanol–water partition coefficient (Wildman–Crippen LogP) is 4.02. The van der Waals surface area contributed by atoms with Crippen LogP contribution in [0.1, 0.15) is 61.1 Å². The molecule has 1 N–H and O–H groups in total. The van der Waals surface area contributed by atoms with Crippen LogP contribution in [-0.2, 0) is 7.05 Å². The van der Waals surface area contributed by atoms with Gasteiger partial charge in [-0.05, 0) is 43.7 Å². The van der Waals surface area contributed by atoms with Crippen LogP contribution in [0.5, 0.6) is 0 Å². The molecule has 1 saturated heterocycles. The number of nitro groups is 1. The molecule has 31 heavy (non-hydrogen) atoms. The van der Waals surface area contributed by atoms with Crippen molar-refractivity contribution >= 4 is 17.2 Å². The van der Waals surface area contributed by atoms with Crippen molar-refractivity contribution in [1.82, 2.24) is 14.5 Å². The molecule has 2 aromatic rings. The zero-order valence-corrected chi connectivity index (χ0v) is 18.1. The Hall–Kier alpha value is -2.74. The Balaban J connectivity index is 1.39. The van der Waals surface area contributed by atoms with Gasteiger partial charge in [0.15, 0.2) is 5.82 Å². The van der Waals surface area contributed by atoms with Gasteiger partial charge in [0.25, 0.3) is 5.69 Å². The standard InChI is InChI=1S/C23H31N5O3/c1-26-14-11-24-23(26)22(29)18-7-8-20(21(15-18)28(30)31)25-19-9-12-27(13-10-19)16-17-5-3-2-4-6-17/h7-8,11,14-15,17,19,25H,2-6,9-10,12-13,16H2,1H3. The average Bonchev–Trinajstić information content (AvgIpc) is 3.21. The zero-order chi connectivity index (χ0) is 21.8. The summed E-state index contributed by atoms with van der Waals surface area (Å²) in [5, 5.41) is 15.1. The molecule has 1 aromatic carbocycles. The van der Waals surface area contributed by atoms with Crippen LogP contribution < -0.4 is 5.32 Å². The van der Waals surface area contributed by atoms with Gasteiger partial charge in [-0.15, -0.1) is 0 Å². The van der Waals surface area contributed by atoms with Gasteiger partial charge in [0, 0.05) is 56.7 Å². The molecule has 0 bridgehead atoms. The van der Waals surface area contributed by atoms with Crippen molar-refractivity contribution in [2.24, 2.45) is 13.0 Å². The maximum atomic E-state index is 12.7. The van der Waals surface area contributed by atoms with Gasteiger partial charge in [0.05, 0.1) is 4.92 Å². The van der Waals surface area contributed by atoms with Crippen molar-refractivity contribution in [3.8, 4) is 0 Å². The molecule has 0 radical (unpaired) electrons. The monoisotopic (exact) mass is 425 g/mol. The number of nitrogens with one attached hydrogen (secondary N) is 1. The minimum Gasteiger partial charge on any atom is -0.377 e. The van der Waals surface area contributed by atoms with E-state index in [9.17, 15) is 14.9 Å². The molecule has 0 unspecified atom stereocenters. The van der Waals surface area contributed by atoms with Crippen LogP contribution in [0.25, 0.3) is 0 Å². The van der Waals surface area contributed by atoms with Gasteiger partial charge in [0.2, 0.25) is 5.78 Å². The molecule has 0 spiro atoms. The van der Waals surface area contributed by atoms with E-state index in [2.05, 4.69) is 15.2 Å². The number of rotatable bonds is 7. The summed E-state index contributed by atoms with van der Waals surface area (Å²) in [5.41, 5.74) is 0.686. The van der Waals surface area contributed by atoms with E-state index in [-0.39, 0.29) is 28.9 Å². The number of aryl methyl sites for hydroxylation is 1. The molecule has 1 aliphatic carbocycles. The van der Waals surface area contributed by atoms with E-state index in [1.165, 1.54) is 50.9 Å². The summed E-state index contributed by atoms with van der Waals surface area (Å²) >= 11 is 0. The van der Waals surface area contributed by atoms with Crippen molar-refractivity contribution in [2.45, 2.75) is 51.0 Å². The van der Waals surface area contributed by atoms with E-state index in [4.69, 9.17) is 0 Å². The number of ketones is 1. The van der Waals surface area contributed by atoms with Crippen molar-refractivity contribution in [1.29, 1.82) is 0 Å². The molecule has 0 amide bonds. The molecule has 0 atom stereocenters. The molecule has 1 saturated carbocycles. The topological polar surface area (TPSA) is 93.3 Å². The first-order chi connectivity index (χ1) is 15.0. The molecular formula is C23H31N5O3. The minimum absolute atomic E-state index is 0.0651. The molecule has 2 heterocycles. The second-order valence-corrected chi connectivity index (χ2v) is 8.90. The number of hydrogen-bond donors (Lipinski definition) is 1. The molecular weight excluding hydrogens is 394 g/mol. The third-order valence-corrected chi connectivity index (χ3v) is 6.67. The molecule has 2 fully saturated rings. The van der Waals surface area contributed by atoms with Gasteiger partial charge >= 0.3 is 0 Å². The van der Waals surface area contributed by atoms with Gasteiger partial charge in [0.1, 0.15) is 5.69 Å². The van der Waals surface area contributed by atoms with Gasteiger partial charge in [-0.1, -0.05) is 19.3 Å². The van der Waals surface area contributed by atoms with E-state index >= 15 is 0 Å². The largest absolute Gasteiger partial charge is 0.377 e. The van der Waals surface area contributed by atoms with Crippen LogP contribution in [0.3, 0.4) is 0 Å². The Kier molecular flexibility index (Phi) is 6.65. The third-order valence-electron chi connectivity index (χ3n) is 6.67. The highest BCUT2D eigenvalue weighted by Gasteiger charge is 2.26. The van der Waals surface area contributed by atoms with Crippen molar-refractivity contribution in [3.05, 3.63) is 52.1 Å². The minimum atomic E-state index is -0.421. The Morgan fingerprint density at radius 1 is 1.19 bits per heavy atom. The number of imidazole rings is 1. The average molecular weight is 426 g/mol. The summed E-state index contributed by atoms with van der Waals surface area (Å²) < 4.78 is 1.61. The van der Waals surface area contributed by atoms with E-state index in [0.717, 1.165) is 31.8 Å². The van der Waals surface area contributed by atoms with Crippen molar-refractivity contribution in [3.63, 3.8) is 0 Å². The Labute approximate surface area is 182 Å². The maximum Gasteiger partial charge on any atom is 0.293 e. The number of hydrogen-bond acceptors (Lipinski definition) is 6. The number of anilines is 1. The van der Waals surface area contributed by atoms with E-state index < -0.39 is 4.92 Å². The molecule has 1 aliphatic heterocycles. The number of carbonyl (C=O) groups is 1. The first-order valence-electron chi connectivity index (χ1n) is 11.3. The van der Waals surface area contributed by atoms with Crippen molar-refractivity contribution < 1.29 is 9.72 Å². The van der Waals surface area contributed by atoms with Gasteiger partial charge < -0.3 is 14.8 Å². The fraction of sp³-hybridized carbons (Fsp3) is 0.565. The first kappa shape index (κ1) is 21.5. The lowest BCUT2D eigenvalue weighted by Gasteiger charge is -2.35. The van der Waals surface area contributed by atoms with Crippen LogP contribution in [0.15, 0.2) is 30.6 Å². The van der Waals surface area contributed by atoms with E-state index in [0.29, 0.717) is 5.69 Å². The van der Waals surface area contributed by atoms with Gasteiger partial charge in [-0.3, -0.25) is 14.9 Å². The highest BCUT2D eigenvalue weighted by atomic mass is 16.6. The molecule has 4 rings (SSSR count). The van der Waals surface area contributed by atoms with Gasteiger partial charge in [-0.25, -0.2) is 4.98 Å². The predicted molar refractivity (Wildman–Crippen MR) is 119 cm³/mol. The Bertz CT molecular complexity index is 927. The first-order valence-corrected chi connectivity index (χ1v) is 11.3. The zero-order valence-electron chi connectivity index (χ0n) is 18.1. The third kappa shape index (κ3) is 5.12. The lowest BCUT2D eigenvalue weighted by atomic mass is 9.88. The van der Waals surface area contributed by atoms with Crippen molar-refractivity contribution in [2.75, 3.05) is 25.0 Å². The Morgan fingerprint density at radius 2 is 1.94 bits per heavy atom. The quantitative estimate of drug-likeness (QED) is 0.409. The lowest BCUT2D eigenvalue weighted by Crippen LogP contribution is -2.41. The van der Waals surface area contributed by atoms with E-state index in [1.807, 2.05) is 0 Å². The fourth-order valence-corrected chi connectivity index (χ4v) is 4.87. The summed E-state index contributed by atoms with van der Waals surface area (Å²) in [7, 11) is 1.73. The highest BCUT2D eigenvalue weighted by molar-refractivity contribution is 6.07. The van der Waals surface area contributed by atoms with Gasteiger partial charge in [-0.2, -0.15) is 0 Å². The SMILES string of the molecule is Cn1ccnc1C(=O)c1ccc(NC2CCN(CC3CCCCC3)CC2)c([N+](=O)[O-])c1. The highest BCUT2D eigenvalue weighted by Crippen LogP contribution is 2.30. The molecule has 2 aliphatic rings. The number of aromatic nitrogens is 2. The van der Waals surface area contributed by atoms with Crippen LogP contribution in [0.4, 0.5) is 11.4 Å². The normalized spacial score (nSPS) is 18.7. The maximum absolute atomic E-state index is 12.7. The smallest absolute Gasteiger partial charge is 0.293 e. The second kappa shape index (κ2) is 9.60. The lowest BCUT2D eigenvalue weighted by molar-refractivity contribution is -0.384. The summed E-state index contributed by atoms with van der Waals surface area (Å²) in [4.78, 5) is 30.5. The van der Waals surface area contributed by atoms with Crippen LogP contribution >= 0.6 is 0 Å². The number of benzene rings is 1. The fourth-order valence-electron chi connectivity index (χ4n) is 4.87. The number of carbonyl (C=O) groups excluding carboxylic acids is 1. The van der Waals surface area contributed by atoms with Crippen LogP contribution in [0.2, 0.25) is 0 Å². The second-order valence-electron chi connectivity index (χ2n) is 8.90. The summed E-state index contributed by atoms with van der Waals surface area (Å²) in [6.45, 7) is 3.24.